The van der Waals surface area contributed by atoms with Gasteiger partial charge in [0.25, 0.3) is 0 Å². The smallest absolute Gasteiger partial charge is 0.418 e. The Morgan fingerprint density at radius 1 is 1.18 bits per heavy atom. The molecule has 1 aromatic carbocycles. The van der Waals surface area contributed by atoms with Crippen LogP contribution in [0.2, 0.25) is 0 Å². The second kappa shape index (κ2) is 10.5. The van der Waals surface area contributed by atoms with Gasteiger partial charge < -0.3 is 19.9 Å². The minimum atomic E-state index is -0.810. The van der Waals surface area contributed by atoms with Gasteiger partial charge in [0.15, 0.2) is 0 Å². The van der Waals surface area contributed by atoms with Gasteiger partial charge in [-0.25, -0.2) is 14.5 Å². The van der Waals surface area contributed by atoms with Crippen LogP contribution in [0.15, 0.2) is 24.3 Å². The van der Waals surface area contributed by atoms with Crippen LogP contribution in [0.4, 0.5) is 9.59 Å². The van der Waals surface area contributed by atoms with E-state index in [-0.39, 0.29) is 36.3 Å². The number of rotatable bonds is 8. The summed E-state index contributed by atoms with van der Waals surface area (Å²) in [4.78, 5) is 48.8. The molecule has 3 atom stereocenters. The summed E-state index contributed by atoms with van der Waals surface area (Å²) in [6.07, 6.45) is 1.58. The van der Waals surface area contributed by atoms with Gasteiger partial charge in [-0.1, -0.05) is 18.6 Å². The molecule has 2 heterocycles. The van der Waals surface area contributed by atoms with Crippen LogP contribution in [0.3, 0.4) is 0 Å². The molecule has 3 unspecified atom stereocenters. The van der Waals surface area contributed by atoms with Crippen molar-refractivity contribution < 1.29 is 33.8 Å². The predicted molar refractivity (Wildman–Crippen MR) is 122 cm³/mol. The molecule has 2 N–H and O–H groups in total. The SMILES string of the molecule is CC(C)(C)C(=O)Oc1ccc(COC(=O)N2C(=O)NC3C(CCCCC(=O)O)SCC32)cc1. The maximum atomic E-state index is 12.6. The summed E-state index contributed by atoms with van der Waals surface area (Å²) in [5, 5.41) is 11.8. The highest BCUT2D eigenvalue weighted by Crippen LogP contribution is 2.37. The lowest BCUT2D eigenvalue weighted by Crippen LogP contribution is -2.41. The largest absolute Gasteiger partial charge is 0.481 e. The van der Waals surface area contributed by atoms with E-state index >= 15 is 0 Å². The summed E-state index contributed by atoms with van der Waals surface area (Å²) in [7, 11) is 0. The number of imide groups is 1. The van der Waals surface area contributed by atoms with Crippen LogP contribution in [-0.2, 0) is 20.9 Å². The van der Waals surface area contributed by atoms with Crippen molar-refractivity contribution in [3.05, 3.63) is 29.8 Å². The first-order valence-corrected chi connectivity index (χ1v) is 12.0. The van der Waals surface area contributed by atoms with E-state index in [9.17, 15) is 19.2 Å². The van der Waals surface area contributed by atoms with Gasteiger partial charge in [0, 0.05) is 17.4 Å². The standard InChI is InChI=1S/C23H30N2O7S/c1-23(2,3)20(28)32-15-10-8-14(9-11-15)12-31-22(30)25-16-13-33-17(19(16)24-21(25)29)6-4-5-7-18(26)27/h8-11,16-17,19H,4-7,12-13H2,1-3H3,(H,24,29)(H,26,27). The Labute approximate surface area is 197 Å². The third kappa shape index (κ3) is 6.40. The van der Waals surface area contributed by atoms with Crippen LogP contribution < -0.4 is 10.1 Å². The summed E-state index contributed by atoms with van der Waals surface area (Å²) in [5.74, 6) is -0.124. The Morgan fingerprint density at radius 3 is 2.52 bits per heavy atom. The predicted octanol–water partition coefficient (Wildman–Crippen LogP) is 3.80. The van der Waals surface area contributed by atoms with E-state index in [0.29, 0.717) is 23.5 Å². The molecule has 0 bridgehead atoms. The first kappa shape index (κ1) is 24.9. The summed E-state index contributed by atoms with van der Waals surface area (Å²) in [6, 6.07) is 5.77. The van der Waals surface area contributed by atoms with E-state index in [1.165, 1.54) is 0 Å². The molecule has 9 nitrogen and oxygen atoms in total. The molecule has 10 heteroatoms. The van der Waals surface area contributed by atoms with Gasteiger partial charge in [0.2, 0.25) is 0 Å². The van der Waals surface area contributed by atoms with Crippen molar-refractivity contribution in [1.82, 2.24) is 10.2 Å². The highest BCUT2D eigenvalue weighted by molar-refractivity contribution is 8.00. The van der Waals surface area contributed by atoms with Crippen molar-refractivity contribution in [3.63, 3.8) is 0 Å². The first-order chi connectivity index (χ1) is 15.6. The normalized spacial score (nSPS) is 22.0. The maximum absolute atomic E-state index is 12.6. The van der Waals surface area contributed by atoms with Gasteiger partial charge >= 0.3 is 24.1 Å². The van der Waals surface area contributed by atoms with E-state index in [1.807, 2.05) is 0 Å². The number of nitrogens with zero attached hydrogens (tertiary/aromatic N) is 1. The van der Waals surface area contributed by atoms with Crippen LogP contribution in [0.5, 0.6) is 5.75 Å². The van der Waals surface area contributed by atoms with Gasteiger partial charge in [-0.05, 0) is 51.3 Å². The van der Waals surface area contributed by atoms with E-state index in [2.05, 4.69) is 5.32 Å². The molecule has 33 heavy (non-hydrogen) atoms. The number of carboxylic acids is 1. The summed E-state index contributed by atoms with van der Waals surface area (Å²) >= 11 is 1.69. The number of unbranched alkanes of at least 4 members (excludes halogenated alkanes) is 1. The van der Waals surface area contributed by atoms with Gasteiger partial charge in [0.05, 0.1) is 17.5 Å². The number of esters is 1. The van der Waals surface area contributed by atoms with Crippen LogP contribution in [0.25, 0.3) is 0 Å². The number of fused-ring (bicyclic) bond motifs is 1. The monoisotopic (exact) mass is 478 g/mol. The van der Waals surface area contributed by atoms with Crippen LogP contribution in [0, 0.1) is 5.41 Å². The van der Waals surface area contributed by atoms with Crippen molar-refractivity contribution in [1.29, 1.82) is 0 Å². The molecule has 1 aromatic rings. The number of amides is 3. The lowest BCUT2D eigenvalue weighted by atomic mass is 9.97. The average Bonchev–Trinajstić information content (AvgIpc) is 3.27. The zero-order valence-corrected chi connectivity index (χ0v) is 19.9. The maximum Gasteiger partial charge on any atom is 0.418 e. The van der Waals surface area contributed by atoms with Crippen LogP contribution in [0.1, 0.15) is 52.0 Å². The topological polar surface area (TPSA) is 122 Å². The molecule has 0 spiro atoms. The molecular weight excluding hydrogens is 448 g/mol. The molecule has 2 aliphatic heterocycles. The lowest BCUT2D eigenvalue weighted by Gasteiger charge is -2.19. The number of carboxylic acid groups (broad SMARTS) is 1. The van der Waals surface area contributed by atoms with Gasteiger partial charge in [0.1, 0.15) is 12.4 Å². The molecule has 0 aromatic heterocycles. The molecule has 0 saturated carbocycles. The van der Waals surface area contributed by atoms with Crippen molar-refractivity contribution in [2.45, 2.75) is 70.4 Å². The number of ether oxygens (including phenoxy) is 2. The number of urea groups is 1. The van der Waals surface area contributed by atoms with Crippen molar-refractivity contribution in [2.24, 2.45) is 5.41 Å². The Kier molecular flexibility index (Phi) is 7.88. The number of aliphatic carboxylic acids is 1. The average molecular weight is 479 g/mol. The summed E-state index contributed by atoms with van der Waals surface area (Å²) in [5.41, 5.74) is 0.0883. The Balaban J connectivity index is 1.49. The van der Waals surface area contributed by atoms with E-state index in [4.69, 9.17) is 14.6 Å². The van der Waals surface area contributed by atoms with Gasteiger partial charge in [-0.15, -0.1) is 0 Å². The van der Waals surface area contributed by atoms with E-state index in [0.717, 1.165) is 17.7 Å². The lowest BCUT2D eigenvalue weighted by molar-refractivity contribution is -0.143. The van der Waals surface area contributed by atoms with Crippen LogP contribution >= 0.6 is 11.8 Å². The number of carbonyl (C=O) groups excluding carboxylic acids is 3. The van der Waals surface area contributed by atoms with E-state index in [1.54, 1.807) is 56.8 Å². The fourth-order valence-corrected chi connectivity index (χ4v) is 5.29. The zero-order chi connectivity index (χ0) is 24.2. The fourth-order valence-electron chi connectivity index (χ4n) is 3.70. The van der Waals surface area contributed by atoms with Gasteiger partial charge in [-0.3, -0.25) is 9.59 Å². The van der Waals surface area contributed by atoms with Crippen molar-refractivity contribution in [2.75, 3.05) is 5.75 Å². The summed E-state index contributed by atoms with van der Waals surface area (Å²) < 4.78 is 10.7. The molecule has 2 aliphatic rings. The number of benzene rings is 1. The molecular formula is C23H30N2O7S. The fraction of sp³-hybridized carbons (Fsp3) is 0.565. The number of nitrogens with one attached hydrogen (secondary N) is 1. The van der Waals surface area contributed by atoms with Gasteiger partial charge in [-0.2, -0.15) is 11.8 Å². The number of hydrogen-bond acceptors (Lipinski definition) is 7. The number of hydrogen-bond donors (Lipinski definition) is 2. The van der Waals surface area contributed by atoms with Crippen molar-refractivity contribution >= 4 is 35.8 Å². The Hall–Kier alpha value is -2.75. The molecule has 2 fully saturated rings. The molecule has 3 amide bonds. The third-order valence-corrected chi connectivity index (χ3v) is 7.06. The van der Waals surface area contributed by atoms with Crippen molar-refractivity contribution in [3.8, 4) is 5.75 Å². The van der Waals surface area contributed by atoms with Crippen LogP contribution in [-0.4, -0.2) is 57.2 Å². The van der Waals surface area contributed by atoms with E-state index < -0.39 is 23.5 Å². The molecule has 0 aliphatic carbocycles. The minimum Gasteiger partial charge on any atom is -0.481 e. The summed E-state index contributed by atoms with van der Waals surface area (Å²) in [6.45, 7) is 5.30. The first-order valence-electron chi connectivity index (χ1n) is 11.0. The Bertz CT molecular complexity index is 897. The Morgan fingerprint density at radius 2 is 1.88 bits per heavy atom. The number of carbonyl (C=O) groups is 4. The molecule has 3 rings (SSSR count). The minimum absolute atomic E-state index is 0.0146. The zero-order valence-electron chi connectivity index (χ0n) is 19.0. The molecule has 180 valence electrons. The highest BCUT2D eigenvalue weighted by atomic mass is 32.2. The second-order valence-electron chi connectivity index (χ2n) is 9.26. The second-order valence-corrected chi connectivity index (χ2v) is 10.5. The number of thioether (sulfide) groups is 1. The quantitative estimate of drug-likeness (QED) is 0.250. The molecule has 2 saturated heterocycles. The highest BCUT2D eigenvalue weighted by Gasteiger charge is 2.50. The molecule has 0 radical (unpaired) electrons. The third-order valence-electron chi connectivity index (χ3n) is 5.57.